The van der Waals surface area contributed by atoms with Gasteiger partial charge in [-0.05, 0) is 25.8 Å². The molecule has 2 N–H and O–H groups in total. The lowest BCUT2D eigenvalue weighted by molar-refractivity contribution is 0.219. The first kappa shape index (κ1) is 11.4. The molecule has 1 saturated carbocycles. The van der Waals surface area contributed by atoms with E-state index in [0.29, 0.717) is 6.04 Å². The smallest absolute Gasteiger partial charge is 0.191 e. The van der Waals surface area contributed by atoms with Gasteiger partial charge >= 0.3 is 0 Å². The zero-order valence-corrected chi connectivity index (χ0v) is 10.8. The SMILES string of the molecule is CN=C(NC1CC1)NC1c2ccccc2OC1C. The van der Waals surface area contributed by atoms with Gasteiger partial charge in [-0.25, -0.2) is 0 Å². The highest BCUT2D eigenvalue weighted by atomic mass is 16.5. The minimum Gasteiger partial charge on any atom is -0.488 e. The third-order valence-electron chi connectivity index (χ3n) is 3.47. The first-order valence-electron chi connectivity index (χ1n) is 6.53. The molecular formula is C14H19N3O. The minimum absolute atomic E-state index is 0.125. The van der Waals surface area contributed by atoms with Crippen molar-refractivity contribution in [2.45, 2.75) is 38.0 Å². The third kappa shape index (κ3) is 2.15. The van der Waals surface area contributed by atoms with Crippen LogP contribution in [-0.2, 0) is 0 Å². The lowest BCUT2D eigenvalue weighted by Crippen LogP contribution is -2.43. The summed E-state index contributed by atoms with van der Waals surface area (Å²) in [6, 6.07) is 8.96. The van der Waals surface area contributed by atoms with Crippen molar-refractivity contribution in [1.82, 2.24) is 10.6 Å². The van der Waals surface area contributed by atoms with E-state index >= 15 is 0 Å². The van der Waals surface area contributed by atoms with Crippen LogP contribution in [0.15, 0.2) is 29.3 Å². The number of para-hydroxylation sites is 1. The topological polar surface area (TPSA) is 45.7 Å². The highest BCUT2D eigenvalue weighted by Crippen LogP contribution is 2.36. The molecular weight excluding hydrogens is 226 g/mol. The Hall–Kier alpha value is -1.71. The Bertz CT molecular complexity index is 468. The number of rotatable bonds is 2. The van der Waals surface area contributed by atoms with Crippen LogP contribution in [0.1, 0.15) is 31.4 Å². The largest absolute Gasteiger partial charge is 0.488 e. The fourth-order valence-electron chi connectivity index (χ4n) is 2.30. The second-order valence-corrected chi connectivity index (χ2v) is 4.97. The van der Waals surface area contributed by atoms with Gasteiger partial charge in [0.1, 0.15) is 11.9 Å². The van der Waals surface area contributed by atoms with Gasteiger partial charge in [-0.3, -0.25) is 4.99 Å². The summed E-state index contributed by atoms with van der Waals surface area (Å²) in [6.07, 6.45) is 2.61. The van der Waals surface area contributed by atoms with E-state index in [1.807, 2.05) is 25.2 Å². The molecule has 2 aliphatic rings. The van der Waals surface area contributed by atoms with Crippen molar-refractivity contribution in [2.75, 3.05) is 7.05 Å². The summed E-state index contributed by atoms with van der Waals surface area (Å²) >= 11 is 0. The highest BCUT2D eigenvalue weighted by molar-refractivity contribution is 5.81. The van der Waals surface area contributed by atoms with Crippen molar-refractivity contribution in [2.24, 2.45) is 4.99 Å². The molecule has 1 aromatic rings. The third-order valence-corrected chi connectivity index (χ3v) is 3.47. The van der Waals surface area contributed by atoms with E-state index in [1.54, 1.807) is 0 Å². The molecule has 0 amide bonds. The van der Waals surface area contributed by atoms with E-state index in [4.69, 9.17) is 4.74 Å². The van der Waals surface area contributed by atoms with Crippen molar-refractivity contribution in [3.05, 3.63) is 29.8 Å². The van der Waals surface area contributed by atoms with Crippen LogP contribution in [0.5, 0.6) is 5.75 Å². The molecule has 1 fully saturated rings. The second-order valence-electron chi connectivity index (χ2n) is 4.97. The average molecular weight is 245 g/mol. The first-order valence-corrected chi connectivity index (χ1v) is 6.53. The maximum absolute atomic E-state index is 5.84. The molecule has 0 spiro atoms. The normalized spacial score (nSPS) is 26.4. The Morgan fingerprint density at radius 2 is 2.06 bits per heavy atom. The van der Waals surface area contributed by atoms with Crippen LogP contribution in [0.4, 0.5) is 0 Å². The Morgan fingerprint density at radius 1 is 1.28 bits per heavy atom. The highest BCUT2D eigenvalue weighted by Gasteiger charge is 2.32. The van der Waals surface area contributed by atoms with Crippen molar-refractivity contribution >= 4 is 5.96 Å². The van der Waals surface area contributed by atoms with Crippen molar-refractivity contribution in [1.29, 1.82) is 0 Å². The Morgan fingerprint density at radius 3 is 2.78 bits per heavy atom. The van der Waals surface area contributed by atoms with Crippen LogP contribution in [0, 0.1) is 0 Å². The lowest BCUT2D eigenvalue weighted by Gasteiger charge is -2.20. The molecule has 0 saturated heterocycles. The van der Waals surface area contributed by atoms with Crippen molar-refractivity contribution in [3.8, 4) is 5.75 Å². The summed E-state index contributed by atoms with van der Waals surface area (Å²) in [5.74, 6) is 1.85. The molecule has 0 aromatic heterocycles. The molecule has 1 aliphatic heterocycles. The Balaban J connectivity index is 1.75. The maximum Gasteiger partial charge on any atom is 0.191 e. The van der Waals surface area contributed by atoms with Gasteiger partial charge in [-0.2, -0.15) is 0 Å². The van der Waals surface area contributed by atoms with Gasteiger partial charge < -0.3 is 15.4 Å². The quantitative estimate of drug-likeness (QED) is 0.617. The van der Waals surface area contributed by atoms with Gasteiger partial charge in [0.15, 0.2) is 5.96 Å². The molecule has 0 radical (unpaired) electrons. The molecule has 4 nitrogen and oxygen atoms in total. The Kier molecular flexibility index (Phi) is 2.86. The number of fused-ring (bicyclic) bond motifs is 1. The van der Waals surface area contributed by atoms with Gasteiger partial charge in [0.25, 0.3) is 0 Å². The fourth-order valence-corrected chi connectivity index (χ4v) is 2.30. The number of nitrogens with zero attached hydrogens (tertiary/aromatic N) is 1. The van der Waals surface area contributed by atoms with E-state index in [1.165, 1.54) is 18.4 Å². The number of ether oxygens (including phenoxy) is 1. The molecule has 4 heteroatoms. The number of guanidine groups is 1. The predicted octanol–water partition coefficient (Wildman–Crippen LogP) is 1.84. The number of benzene rings is 1. The molecule has 18 heavy (non-hydrogen) atoms. The summed E-state index contributed by atoms with van der Waals surface area (Å²) < 4.78 is 5.84. The number of aliphatic imine (C=N–C) groups is 1. The van der Waals surface area contributed by atoms with Gasteiger partial charge in [0.05, 0.1) is 6.04 Å². The number of nitrogens with one attached hydrogen (secondary N) is 2. The molecule has 1 heterocycles. The van der Waals surface area contributed by atoms with E-state index in [-0.39, 0.29) is 12.1 Å². The molecule has 96 valence electrons. The monoisotopic (exact) mass is 245 g/mol. The molecule has 1 aliphatic carbocycles. The van der Waals surface area contributed by atoms with Crippen LogP contribution in [0.25, 0.3) is 0 Å². The summed E-state index contributed by atoms with van der Waals surface area (Å²) in [4.78, 5) is 4.28. The van der Waals surface area contributed by atoms with Crippen LogP contribution < -0.4 is 15.4 Å². The van der Waals surface area contributed by atoms with E-state index in [2.05, 4.69) is 28.6 Å². The molecule has 3 rings (SSSR count). The summed E-state index contributed by atoms with van der Waals surface area (Å²) in [6.45, 7) is 2.09. The van der Waals surface area contributed by atoms with Crippen molar-refractivity contribution in [3.63, 3.8) is 0 Å². The molecule has 1 aromatic carbocycles. The zero-order valence-electron chi connectivity index (χ0n) is 10.8. The number of hydrogen-bond donors (Lipinski definition) is 2. The van der Waals surface area contributed by atoms with Crippen LogP contribution in [0.3, 0.4) is 0 Å². The van der Waals surface area contributed by atoms with Gasteiger partial charge in [-0.1, -0.05) is 18.2 Å². The standard InChI is InChI=1S/C14H19N3O/c1-9-13(11-5-3-4-6-12(11)18-9)17-14(15-2)16-10-7-8-10/h3-6,9-10,13H,7-8H2,1-2H3,(H2,15,16,17). The van der Waals surface area contributed by atoms with Crippen LogP contribution >= 0.6 is 0 Å². The van der Waals surface area contributed by atoms with Crippen LogP contribution in [-0.4, -0.2) is 25.2 Å². The van der Waals surface area contributed by atoms with Gasteiger partial charge in [-0.15, -0.1) is 0 Å². The van der Waals surface area contributed by atoms with E-state index < -0.39 is 0 Å². The van der Waals surface area contributed by atoms with E-state index in [9.17, 15) is 0 Å². The van der Waals surface area contributed by atoms with E-state index in [0.717, 1.165) is 11.7 Å². The zero-order chi connectivity index (χ0) is 12.5. The molecule has 2 unspecified atom stereocenters. The summed E-state index contributed by atoms with van der Waals surface area (Å²) in [7, 11) is 1.81. The van der Waals surface area contributed by atoms with Gasteiger partial charge in [0.2, 0.25) is 0 Å². The van der Waals surface area contributed by atoms with Gasteiger partial charge in [0, 0.05) is 18.7 Å². The first-order chi connectivity index (χ1) is 8.78. The maximum atomic E-state index is 5.84. The summed E-state index contributed by atoms with van der Waals surface area (Å²) in [5.41, 5.74) is 1.21. The Labute approximate surface area is 107 Å². The van der Waals surface area contributed by atoms with Crippen molar-refractivity contribution < 1.29 is 4.74 Å². The molecule has 2 atom stereocenters. The lowest BCUT2D eigenvalue weighted by atomic mass is 10.1. The second kappa shape index (κ2) is 4.52. The summed E-state index contributed by atoms with van der Waals surface area (Å²) in [5, 5.41) is 6.86. The number of hydrogen-bond acceptors (Lipinski definition) is 2. The van der Waals surface area contributed by atoms with Crippen LogP contribution in [0.2, 0.25) is 0 Å². The molecule has 0 bridgehead atoms. The minimum atomic E-state index is 0.125. The predicted molar refractivity (Wildman–Crippen MR) is 71.9 cm³/mol. The fraction of sp³-hybridized carbons (Fsp3) is 0.500. The average Bonchev–Trinajstić information content (AvgIpc) is 3.13.